The van der Waals surface area contributed by atoms with Crippen LogP contribution in [0.2, 0.25) is 0 Å². The van der Waals surface area contributed by atoms with Gasteiger partial charge in [0.1, 0.15) is 6.10 Å². The van der Waals surface area contributed by atoms with E-state index in [-0.39, 0.29) is 17.5 Å². The molecule has 3 aliphatic rings. The molecular weight excluding hydrogens is 370 g/mol. The van der Waals surface area contributed by atoms with Crippen LogP contribution in [0, 0.1) is 29.1 Å². The first-order valence-electron chi connectivity index (χ1n) is 11.8. The van der Waals surface area contributed by atoms with Crippen molar-refractivity contribution in [2.24, 2.45) is 29.1 Å². The van der Waals surface area contributed by atoms with Crippen molar-refractivity contribution in [3.63, 3.8) is 0 Å². The van der Waals surface area contributed by atoms with E-state index in [1.54, 1.807) is 0 Å². The second kappa shape index (κ2) is 8.69. The van der Waals surface area contributed by atoms with E-state index >= 15 is 0 Å². The van der Waals surface area contributed by atoms with E-state index in [1.807, 2.05) is 12.4 Å². The zero-order valence-electron chi connectivity index (χ0n) is 19.1. The zero-order chi connectivity index (χ0) is 21.3. The molecule has 1 heterocycles. The van der Waals surface area contributed by atoms with Crippen LogP contribution in [-0.4, -0.2) is 17.1 Å². The van der Waals surface area contributed by atoms with Crippen LogP contribution in [0.1, 0.15) is 78.2 Å². The van der Waals surface area contributed by atoms with E-state index in [0.717, 1.165) is 37.5 Å². The molecule has 0 bridgehead atoms. The minimum absolute atomic E-state index is 0.0388. The number of pyridine rings is 1. The first kappa shape index (κ1) is 21.3. The van der Waals surface area contributed by atoms with Crippen LogP contribution >= 0.6 is 0 Å². The van der Waals surface area contributed by atoms with E-state index in [4.69, 9.17) is 4.74 Å². The number of ether oxygens (including phenoxy) is 1. The maximum Gasteiger partial charge on any atom is 0.302 e. The van der Waals surface area contributed by atoms with Gasteiger partial charge in [-0.2, -0.15) is 0 Å². The van der Waals surface area contributed by atoms with Gasteiger partial charge in [0, 0.05) is 25.7 Å². The molecule has 0 amide bonds. The topological polar surface area (TPSA) is 39.2 Å². The van der Waals surface area contributed by atoms with Gasteiger partial charge in [-0.1, -0.05) is 37.6 Å². The molecule has 6 atom stereocenters. The Hall–Kier alpha value is -1.90. The lowest BCUT2D eigenvalue weighted by Crippen LogP contribution is -2.42. The van der Waals surface area contributed by atoms with Gasteiger partial charge in [0.05, 0.1) is 0 Å². The molecule has 162 valence electrons. The van der Waals surface area contributed by atoms with Crippen molar-refractivity contribution in [3.8, 4) is 0 Å². The lowest BCUT2D eigenvalue weighted by molar-refractivity contribution is -0.146. The van der Waals surface area contributed by atoms with E-state index in [9.17, 15) is 4.79 Å². The van der Waals surface area contributed by atoms with Crippen LogP contribution in [0.25, 0.3) is 5.57 Å². The number of rotatable bonds is 2. The molecule has 4 rings (SSSR count). The molecule has 1 saturated carbocycles. The summed E-state index contributed by atoms with van der Waals surface area (Å²) < 4.78 is 5.63. The lowest BCUT2D eigenvalue weighted by atomic mass is 9.54. The van der Waals surface area contributed by atoms with Crippen LogP contribution in [-0.2, 0) is 9.53 Å². The monoisotopic (exact) mass is 407 g/mol. The Morgan fingerprint density at radius 3 is 2.73 bits per heavy atom. The number of allylic oxidation sites excluding steroid dienone is 3. The summed E-state index contributed by atoms with van der Waals surface area (Å²) in [4.78, 5) is 15.9. The molecule has 30 heavy (non-hydrogen) atoms. The maximum atomic E-state index is 11.5. The predicted octanol–water partition coefficient (Wildman–Crippen LogP) is 6.61. The Morgan fingerprint density at radius 2 is 2.00 bits per heavy atom. The minimum atomic E-state index is -0.149. The van der Waals surface area contributed by atoms with Crippen molar-refractivity contribution in [3.05, 3.63) is 47.8 Å². The maximum absolute atomic E-state index is 11.5. The number of carbonyl (C=O) groups is 1. The Morgan fingerprint density at radius 1 is 1.17 bits per heavy atom. The number of esters is 1. The summed E-state index contributed by atoms with van der Waals surface area (Å²) in [5.41, 5.74) is 4.47. The van der Waals surface area contributed by atoms with Gasteiger partial charge in [-0.3, -0.25) is 9.78 Å². The summed E-state index contributed by atoms with van der Waals surface area (Å²) in [5, 5.41) is 0. The summed E-state index contributed by atoms with van der Waals surface area (Å²) in [7, 11) is 0. The number of aromatic nitrogens is 1. The predicted molar refractivity (Wildman–Crippen MR) is 122 cm³/mol. The van der Waals surface area contributed by atoms with Gasteiger partial charge in [0.2, 0.25) is 0 Å². The molecular formula is C27H37NO2. The van der Waals surface area contributed by atoms with Crippen molar-refractivity contribution in [1.29, 1.82) is 0 Å². The molecule has 3 aliphatic carbocycles. The molecule has 3 heteroatoms. The molecule has 0 spiro atoms. The number of fused-ring (bicyclic) bond motifs is 3. The van der Waals surface area contributed by atoms with Gasteiger partial charge < -0.3 is 4.74 Å². The Bertz CT molecular complexity index is 827. The third-order valence-electron chi connectivity index (χ3n) is 8.34. The average Bonchev–Trinajstić information content (AvgIpc) is 3.07. The molecule has 0 N–H and O–H groups in total. The molecule has 3 nitrogen and oxygen atoms in total. The summed E-state index contributed by atoms with van der Waals surface area (Å²) in [6.45, 7) is 8.70. The molecule has 1 aromatic rings. The van der Waals surface area contributed by atoms with Crippen LogP contribution in [0.4, 0.5) is 0 Å². The van der Waals surface area contributed by atoms with E-state index in [1.165, 1.54) is 42.9 Å². The van der Waals surface area contributed by atoms with Crippen molar-refractivity contribution < 1.29 is 9.53 Å². The van der Waals surface area contributed by atoms with E-state index < -0.39 is 0 Å². The Balaban J connectivity index is 1.59. The highest BCUT2D eigenvalue weighted by Crippen LogP contribution is 2.61. The quantitative estimate of drug-likeness (QED) is 0.409. The molecule has 1 aromatic heterocycles. The van der Waals surface area contributed by atoms with Gasteiger partial charge >= 0.3 is 5.97 Å². The average molecular weight is 408 g/mol. The lowest BCUT2D eigenvalue weighted by Gasteiger charge is -2.50. The van der Waals surface area contributed by atoms with Crippen LogP contribution in [0.5, 0.6) is 0 Å². The standard InChI is InChI=1S/C27H37NO2/c1-18-7-10-24-23(19(2)8-9-22(16-18)30-20(3)29)13-14-27(4)25(11-12-26(24)27)21-6-5-15-28-17-21/h5-7,11,15,17,19,22-24,26H,8-10,12-14,16H2,1-4H3/b18-7+/t19-,22-,23?,24?,26?,27+/m0/s1. The highest BCUT2D eigenvalue weighted by molar-refractivity contribution is 5.72. The summed E-state index contributed by atoms with van der Waals surface area (Å²) in [6, 6.07) is 4.30. The molecule has 0 aliphatic heterocycles. The highest BCUT2D eigenvalue weighted by Gasteiger charge is 2.51. The van der Waals surface area contributed by atoms with Gasteiger partial charge in [0.25, 0.3) is 0 Å². The van der Waals surface area contributed by atoms with E-state index in [2.05, 4.69) is 50.0 Å². The Labute approximate surface area is 182 Å². The second-order valence-corrected chi connectivity index (χ2v) is 10.3. The molecule has 0 radical (unpaired) electrons. The fourth-order valence-corrected chi connectivity index (χ4v) is 6.78. The first-order chi connectivity index (χ1) is 14.4. The number of hydrogen-bond acceptors (Lipinski definition) is 3. The summed E-state index contributed by atoms with van der Waals surface area (Å²) in [5.74, 6) is 2.71. The van der Waals surface area contributed by atoms with Gasteiger partial charge in [0.15, 0.2) is 0 Å². The third-order valence-corrected chi connectivity index (χ3v) is 8.34. The largest absolute Gasteiger partial charge is 0.462 e. The normalized spacial score (nSPS) is 38.5. The minimum Gasteiger partial charge on any atom is -0.462 e. The van der Waals surface area contributed by atoms with Gasteiger partial charge in [-0.05, 0) is 91.7 Å². The van der Waals surface area contributed by atoms with Gasteiger partial charge in [-0.15, -0.1) is 0 Å². The fourth-order valence-electron chi connectivity index (χ4n) is 6.78. The molecule has 3 unspecified atom stereocenters. The van der Waals surface area contributed by atoms with Crippen LogP contribution in [0.3, 0.4) is 0 Å². The first-order valence-corrected chi connectivity index (χ1v) is 11.8. The zero-order valence-corrected chi connectivity index (χ0v) is 19.1. The van der Waals surface area contributed by atoms with E-state index in [0.29, 0.717) is 11.8 Å². The molecule has 0 saturated heterocycles. The number of carbonyl (C=O) groups excluding carboxylic acids is 1. The number of nitrogens with zero attached hydrogens (tertiary/aromatic N) is 1. The van der Waals surface area contributed by atoms with Crippen LogP contribution in [0.15, 0.2) is 42.3 Å². The van der Waals surface area contributed by atoms with Gasteiger partial charge in [-0.25, -0.2) is 0 Å². The smallest absolute Gasteiger partial charge is 0.302 e. The Kier molecular flexibility index (Phi) is 6.18. The summed E-state index contributed by atoms with van der Waals surface area (Å²) >= 11 is 0. The summed E-state index contributed by atoms with van der Waals surface area (Å²) in [6.07, 6.45) is 16.8. The fraction of sp³-hybridized carbons (Fsp3) is 0.630. The third kappa shape index (κ3) is 4.13. The number of hydrogen-bond donors (Lipinski definition) is 0. The van der Waals surface area contributed by atoms with Crippen molar-refractivity contribution in [2.45, 2.75) is 78.7 Å². The molecule has 1 fully saturated rings. The molecule has 0 aromatic carbocycles. The van der Waals surface area contributed by atoms with Crippen LogP contribution < -0.4 is 0 Å². The SMILES string of the molecule is CC(=O)O[C@H]1CC[C@H](C)C2CC[C@]3(C)C(c4cccnc4)=CCC3C2C/C=C(\C)C1. The second-order valence-electron chi connectivity index (χ2n) is 10.3. The van der Waals surface area contributed by atoms with Crippen molar-refractivity contribution in [1.82, 2.24) is 4.98 Å². The van der Waals surface area contributed by atoms with Crippen molar-refractivity contribution in [2.75, 3.05) is 0 Å². The van der Waals surface area contributed by atoms with Crippen molar-refractivity contribution >= 4 is 11.5 Å². The highest BCUT2D eigenvalue weighted by atomic mass is 16.5.